The summed E-state index contributed by atoms with van der Waals surface area (Å²) in [4.78, 5) is 16.4. The number of carbonyl (C=O) groups excluding carboxylic acids is 1. The fourth-order valence-corrected chi connectivity index (χ4v) is 2.99. The summed E-state index contributed by atoms with van der Waals surface area (Å²) in [5.41, 5.74) is 0.227. The van der Waals surface area contributed by atoms with Gasteiger partial charge in [0.05, 0.1) is 0 Å². The average Bonchev–Trinajstić information content (AvgIpc) is 2.88. The number of halogens is 2. The van der Waals surface area contributed by atoms with Gasteiger partial charge in [0.25, 0.3) is 5.91 Å². The first-order valence-corrected chi connectivity index (χ1v) is 6.63. The molecule has 5 heteroatoms. The average molecular weight is 266 g/mol. The molecule has 0 aromatic heterocycles. The largest absolute Gasteiger partial charge is 0.336 e. The number of amides is 1. The summed E-state index contributed by atoms with van der Waals surface area (Å²) in [5.74, 6) is -2.09. The zero-order valence-electron chi connectivity index (χ0n) is 10.6. The Kier molecular flexibility index (Phi) is 3.22. The van der Waals surface area contributed by atoms with Crippen molar-refractivity contribution < 1.29 is 13.6 Å². The zero-order valence-corrected chi connectivity index (χ0v) is 10.6. The van der Waals surface area contributed by atoms with Crippen molar-refractivity contribution in [3.8, 4) is 0 Å². The number of piperazine rings is 1. The summed E-state index contributed by atoms with van der Waals surface area (Å²) in [7, 11) is 0. The van der Waals surface area contributed by atoms with Crippen molar-refractivity contribution in [1.29, 1.82) is 0 Å². The zero-order chi connectivity index (χ0) is 13.4. The van der Waals surface area contributed by atoms with E-state index in [4.69, 9.17) is 0 Å². The van der Waals surface area contributed by atoms with Crippen molar-refractivity contribution in [1.82, 2.24) is 9.80 Å². The Morgan fingerprint density at radius 1 is 1.16 bits per heavy atom. The van der Waals surface area contributed by atoms with Crippen molar-refractivity contribution in [2.75, 3.05) is 26.2 Å². The molecule has 2 heterocycles. The van der Waals surface area contributed by atoms with Crippen LogP contribution in [0, 0.1) is 11.6 Å². The van der Waals surface area contributed by atoms with Crippen LogP contribution >= 0.6 is 0 Å². The van der Waals surface area contributed by atoms with Gasteiger partial charge in [-0.3, -0.25) is 9.69 Å². The molecule has 1 atom stereocenters. The van der Waals surface area contributed by atoms with Gasteiger partial charge in [-0.1, -0.05) is 0 Å². The van der Waals surface area contributed by atoms with Crippen LogP contribution in [-0.4, -0.2) is 47.9 Å². The topological polar surface area (TPSA) is 23.6 Å². The van der Waals surface area contributed by atoms with Gasteiger partial charge in [-0.2, -0.15) is 0 Å². The maximum Gasteiger partial charge on any atom is 0.254 e. The number of hydrogen-bond acceptors (Lipinski definition) is 2. The first kappa shape index (κ1) is 12.5. The Hall–Kier alpha value is -1.49. The summed E-state index contributed by atoms with van der Waals surface area (Å²) >= 11 is 0. The van der Waals surface area contributed by atoms with Gasteiger partial charge in [0.1, 0.15) is 0 Å². The monoisotopic (exact) mass is 266 g/mol. The van der Waals surface area contributed by atoms with Crippen molar-refractivity contribution in [2.45, 2.75) is 18.9 Å². The Bertz CT molecular complexity index is 506. The van der Waals surface area contributed by atoms with Crippen LogP contribution in [0.2, 0.25) is 0 Å². The third-order valence-electron chi connectivity index (χ3n) is 4.04. The molecular weight excluding hydrogens is 250 g/mol. The summed E-state index contributed by atoms with van der Waals surface area (Å²) in [6.07, 6.45) is 2.29. The highest BCUT2D eigenvalue weighted by molar-refractivity contribution is 5.94. The summed E-state index contributed by atoms with van der Waals surface area (Å²) in [6, 6.07) is 3.78. The molecule has 0 N–H and O–H groups in total. The van der Waals surface area contributed by atoms with E-state index in [0.29, 0.717) is 19.1 Å². The lowest BCUT2D eigenvalue weighted by Gasteiger charge is -2.37. The van der Waals surface area contributed by atoms with E-state index in [1.165, 1.54) is 12.5 Å². The van der Waals surface area contributed by atoms with Gasteiger partial charge in [0.2, 0.25) is 0 Å². The van der Waals surface area contributed by atoms with E-state index in [0.717, 1.165) is 31.6 Å². The van der Waals surface area contributed by atoms with Crippen molar-refractivity contribution >= 4 is 5.91 Å². The minimum atomic E-state index is -0.967. The Morgan fingerprint density at radius 3 is 2.79 bits per heavy atom. The second kappa shape index (κ2) is 4.89. The van der Waals surface area contributed by atoms with Crippen molar-refractivity contribution in [3.63, 3.8) is 0 Å². The highest BCUT2D eigenvalue weighted by Gasteiger charge is 2.32. The molecule has 2 fully saturated rings. The van der Waals surface area contributed by atoms with Crippen LogP contribution in [0.1, 0.15) is 23.2 Å². The minimum Gasteiger partial charge on any atom is -0.336 e. The van der Waals surface area contributed by atoms with Gasteiger partial charge in [-0.05, 0) is 37.6 Å². The van der Waals surface area contributed by atoms with Crippen LogP contribution in [0.4, 0.5) is 8.78 Å². The number of benzene rings is 1. The molecule has 0 bridgehead atoms. The van der Waals surface area contributed by atoms with Crippen molar-refractivity contribution in [3.05, 3.63) is 35.4 Å². The molecule has 0 radical (unpaired) electrons. The predicted octanol–water partition coefficient (Wildman–Crippen LogP) is 1.89. The van der Waals surface area contributed by atoms with Crippen LogP contribution < -0.4 is 0 Å². The van der Waals surface area contributed by atoms with Crippen molar-refractivity contribution in [2.24, 2.45) is 0 Å². The first-order valence-electron chi connectivity index (χ1n) is 6.63. The summed E-state index contributed by atoms with van der Waals surface area (Å²) in [6.45, 7) is 3.34. The lowest BCUT2D eigenvalue weighted by Crippen LogP contribution is -2.52. The third-order valence-corrected chi connectivity index (χ3v) is 4.04. The van der Waals surface area contributed by atoms with E-state index in [9.17, 15) is 13.6 Å². The number of nitrogens with zero attached hydrogens (tertiary/aromatic N) is 2. The van der Waals surface area contributed by atoms with Gasteiger partial charge < -0.3 is 4.90 Å². The van der Waals surface area contributed by atoms with Crippen LogP contribution in [-0.2, 0) is 0 Å². The van der Waals surface area contributed by atoms with E-state index >= 15 is 0 Å². The van der Waals surface area contributed by atoms with E-state index < -0.39 is 11.6 Å². The second-order valence-electron chi connectivity index (χ2n) is 5.21. The van der Waals surface area contributed by atoms with E-state index in [1.54, 1.807) is 4.90 Å². The van der Waals surface area contributed by atoms with Crippen LogP contribution in [0.15, 0.2) is 18.2 Å². The van der Waals surface area contributed by atoms with E-state index in [2.05, 4.69) is 4.90 Å². The minimum absolute atomic E-state index is 0.203. The van der Waals surface area contributed by atoms with Crippen LogP contribution in [0.3, 0.4) is 0 Å². The molecule has 1 amide bonds. The van der Waals surface area contributed by atoms with Gasteiger partial charge >= 0.3 is 0 Å². The predicted molar refractivity (Wildman–Crippen MR) is 66.9 cm³/mol. The molecule has 0 aliphatic carbocycles. The summed E-state index contributed by atoms with van der Waals surface area (Å²) in [5, 5.41) is 0. The maximum absolute atomic E-state index is 13.2. The number of rotatable bonds is 1. The molecule has 1 aromatic carbocycles. The Labute approximate surface area is 110 Å². The first-order chi connectivity index (χ1) is 9.15. The standard InChI is InChI=1S/C14H16F2N2O/c15-12-4-3-10(8-13(12)16)14(19)18-7-6-17-5-1-2-11(17)9-18/h3-4,8,11H,1-2,5-7,9H2/t11-/m1/s1. The molecule has 1 aromatic rings. The van der Waals surface area contributed by atoms with Gasteiger partial charge in [0.15, 0.2) is 11.6 Å². The number of hydrogen-bond donors (Lipinski definition) is 0. The molecular formula is C14H16F2N2O. The molecule has 102 valence electrons. The SMILES string of the molecule is O=C(c1ccc(F)c(F)c1)N1CCN2CCC[C@@H]2C1. The smallest absolute Gasteiger partial charge is 0.254 e. The molecule has 2 saturated heterocycles. The molecule has 19 heavy (non-hydrogen) atoms. The third kappa shape index (κ3) is 2.34. The van der Waals surface area contributed by atoms with Gasteiger partial charge in [-0.25, -0.2) is 8.78 Å². The van der Waals surface area contributed by atoms with E-state index in [-0.39, 0.29) is 11.5 Å². The van der Waals surface area contributed by atoms with Crippen LogP contribution in [0.25, 0.3) is 0 Å². The van der Waals surface area contributed by atoms with Gasteiger partial charge in [-0.15, -0.1) is 0 Å². The molecule has 2 aliphatic heterocycles. The normalized spacial score (nSPS) is 23.5. The molecule has 2 aliphatic rings. The summed E-state index contributed by atoms with van der Waals surface area (Å²) < 4.78 is 26.0. The molecule has 0 saturated carbocycles. The molecule has 3 rings (SSSR count). The lowest BCUT2D eigenvalue weighted by atomic mass is 10.1. The van der Waals surface area contributed by atoms with Crippen LogP contribution in [0.5, 0.6) is 0 Å². The number of carbonyl (C=O) groups is 1. The molecule has 0 unspecified atom stereocenters. The molecule has 3 nitrogen and oxygen atoms in total. The highest BCUT2D eigenvalue weighted by Crippen LogP contribution is 2.22. The Balaban J connectivity index is 1.74. The fraction of sp³-hybridized carbons (Fsp3) is 0.500. The van der Waals surface area contributed by atoms with Gasteiger partial charge in [0, 0.05) is 31.2 Å². The Morgan fingerprint density at radius 2 is 2.00 bits per heavy atom. The quantitative estimate of drug-likeness (QED) is 0.775. The maximum atomic E-state index is 13.2. The highest BCUT2D eigenvalue weighted by atomic mass is 19.2. The fourth-order valence-electron chi connectivity index (χ4n) is 2.99. The second-order valence-corrected chi connectivity index (χ2v) is 5.21. The van der Waals surface area contributed by atoms with E-state index in [1.807, 2.05) is 0 Å². The number of fused-ring (bicyclic) bond motifs is 1. The lowest BCUT2D eigenvalue weighted by molar-refractivity contribution is 0.0571. The molecule has 0 spiro atoms.